The first kappa shape index (κ1) is 11.8. The highest BCUT2D eigenvalue weighted by Gasteiger charge is 2.03. The maximum Gasteiger partial charge on any atom is 0.157 e. The number of hydrogen-bond acceptors (Lipinski definition) is 4. The van der Waals surface area contributed by atoms with Gasteiger partial charge in [-0.05, 0) is 24.6 Å². The second kappa shape index (κ2) is 5.58. The molecule has 1 aromatic rings. The van der Waals surface area contributed by atoms with Crippen molar-refractivity contribution in [2.75, 3.05) is 13.7 Å². The summed E-state index contributed by atoms with van der Waals surface area (Å²) in [5.74, 6) is -0.183. The van der Waals surface area contributed by atoms with Crippen molar-refractivity contribution in [3.05, 3.63) is 23.8 Å². The molecule has 0 aliphatic heterocycles. The SMILES string of the molecule is COCC(C)NCc1ccc(O)c(O)c1. The lowest BCUT2D eigenvalue weighted by Crippen LogP contribution is -2.29. The fraction of sp³-hybridized carbons (Fsp3) is 0.455. The van der Waals surface area contributed by atoms with Gasteiger partial charge in [-0.1, -0.05) is 6.07 Å². The standard InChI is InChI=1S/C11H17NO3/c1-8(7-15-2)12-6-9-3-4-10(13)11(14)5-9/h3-5,8,12-14H,6-7H2,1-2H3. The monoisotopic (exact) mass is 211 g/mol. The minimum Gasteiger partial charge on any atom is -0.504 e. The molecule has 0 aliphatic carbocycles. The number of rotatable bonds is 5. The maximum absolute atomic E-state index is 9.27. The summed E-state index contributed by atoms with van der Waals surface area (Å²) in [7, 11) is 1.66. The van der Waals surface area contributed by atoms with Gasteiger partial charge < -0.3 is 20.3 Å². The lowest BCUT2D eigenvalue weighted by molar-refractivity contribution is 0.171. The van der Waals surface area contributed by atoms with E-state index in [0.29, 0.717) is 13.2 Å². The van der Waals surface area contributed by atoms with Gasteiger partial charge in [0, 0.05) is 19.7 Å². The number of ether oxygens (including phenoxy) is 1. The molecule has 0 bridgehead atoms. The number of aromatic hydroxyl groups is 2. The molecule has 4 heteroatoms. The highest BCUT2D eigenvalue weighted by Crippen LogP contribution is 2.24. The molecule has 1 rings (SSSR count). The normalized spacial score (nSPS) is 12.7. The summed E-state index contributed by atoms with van der Waals surface area (Å²) in [6, 6.07) is 5.04. The van der Waals surface area contributed by atoms with Gasteiger partial charge in [-0.3, -0.25) is 0 Å². The van der Waals surface area contributed by atoms with Crippen LogP contribution in [0.3, 0.4) is 0 Å². The predicted molar refractivity (Wildman–Crippen MR) is 57.9 cm³/mol. The number of phenols is 2. The third kappa shape index (κ3) is 3.77. The smallest absolute Gasteiger partial charge is 0.157 e. The Hall–Kier alpha value is -1.26. The molecule has 0 aromatic heterocycles. The van der Waals surface area contributed by atoms with Crippen molar-refractivity contribution in [2.45, 2.75) is 19.5 Å². The van der Waals surface area contributed by atoms with E-state index in [1.165, 1.54) is 6.07 Å². The molecule has 0 fully saturated rings. The van der Waals surface area contributed by atoms with Gasteiger partial charge in [0.25, 0.3) is 0 Å². The van der Waals surface area contributed by atoms with Gasteiger partial charge in [-0.25, -0.2) is 0 Å². The second-order valence-electron chi connectivity index (χ2n) is 3.56. The van der Waals surface area contributed by atoms with Gasteiger partial charge in [0.15, 0.2) is 11.5 Å². The molecule has 1 atom stereocenters. The molecular weight excluding hydrogens is 194 g/mol. The fourth-order valence-corrected chi connectivity index (χ4v) is 1.28. The van der Waals surface area contributed by atoms with E-state index in [2.05, 4.69) is 5.32 Å². The molecule has 4 nitrogen and oxygen atoms in total. The Morgan fingerprint density at radius 1 is 1.33 bits per heavy atom. The summed E-state index contributed by atoms with van der Waals surface area (Å²) in [5, 5.41) is 21.6. The van der Waals surface area contributed by atoms with E-state index in [0.717, 1.165) is 5.56 Å². The number of benzene rings is 1. The second-order valence-corrected chi connectivity index (χ2v) is 3.56. The zero-order chi connectivity index (χ0) is 11.3. The molecule has 84 valence electrons. The molecule has 0 aliphatic rings. The quantitative estimate of drug-likeness (QED) is 0.641. The van der Waals surface area contributed by atoms with Crippen molar-refractivity contribution in [3.63, 3.8) is 0 Å². The highest BCUT2D eigenvalue weighted by atomic mass is 16.5. The summed E-state index contributed by atoms with van der Waals surface area (Å²) in [5.41, 5.74) is 0.924. The largest absolute Gasteiger partial charge is 0.504 e. The van der Waals surface area contributed by atoms with Crippen molar-refractivity contribution >= 4 is 0 Å². The zero-order valence-electron chi connectivity index (χ0n) is 9.03. The molecule has 3 N–H and O–H groups in total. The van der Waals surface area contributed by atoms with E-state index in [-0.39, 0.29) is 17.5 Å². The van der Waals surface area contributed by atoms with E-state index in [1.807, 2.05) is 6.92 Å². The van der Waals surface area contributed by atoms with Crippen LogP contribution < -0.4 is 5.32 Å². The number of nitrogens with one attached hydrogen (secondary N) is 1. The first-order chi connectivity index (χ1) is 7.13. The summed E-state index contributed by atoms with van der Waals surface area (Å²) < 4.78 is 4.98. The van der Waals surface area contributed by atoms with Gasteiger partial charge in [-0.2, -0.15) is 0 Å². The predicted octanol–water partition coefficient (Wildman–Crippen LogP) is 1.22. The van der Waals surface area contributed by atoms with Gasteiger partial charge in [0.05, 0.1) is 6.61 Å². The molecule has 15 heavy (non-hydrogen) atoms. The highest BCUT2D eigenvalue weighted by molar-refractivity contribution is 5.40. The summed E-state index contributed by atoms with van der Waals surface area (Å²) >= 11 is 0. The minimum absolute atomic E-state index is 0.0892. The van der Waals surface area contributed by atoms with Crippen LogP contribution in [0, 0.1) is 0 Å². The average Bonchev–Trinajstić information content (AvgIpc) is 2.20. The van der Waals surface area contributed by atoms with Crippen LogP contribution in [0.2, 0.25) is 0 Å². The fourth-order valence-electron chi connectivity index (χ4n) is 1.28. The molecule has 0 heterocycles. The molecule has 1 aromatic carbocycles. The Morgan fingerprint density at radius 2 is 2.07 bits per heavy atom. The summed E-state index contributed by atoms with van der Waals surface area (Å²) in [6.07, 6.45) is 0. The van der Waals surface area contributed by atoms with Gasteiger partial charge in [0.2, 0.25) is 0 Å². The first-order valence-electron chi connectivity index (χ1n) is 4.86. The van der Waals surface area contributed by atoms with Crippen LogP contribution in [0.5, 0.6) is 11.5 Å². The molecule has 0 saturated heterocycles. The van der Waals surface area contributed by atoms with Crippen LogP contribution in [0.25, 0.3) is 0 Å². The summed E-state index contributed by atoms with van der Waals surface area (Å²) in [6.45, 7) is 3.30. The third-order valence-corrected chi connectivity index (χ3v) is 2.11. The molecule has 1 unspecified atom stereocenters. The Labute approximate surface area is 89.5 Å². The number of methoxy groups -OCH3 is 1. The van der Waals surface area contributed by atoms with E-state index in [4.69, 9.17) is 9.84 Å². The zero-order valence-corrected chi connectivity index (χ0v) is 9.03. The lowest BCUT2D eigenvalue weighted by Gasteiger charge is -2.12. The molecular formula is C11H17NO3. The van der Waals surface area contributed by atoms with Crippen molar-refractivity contribution in [1.82, 2.24) is 5.32 Å². The van der Waals surface area contributed by atoms with Crippen LogP contribution in [0.1, 0.15) is 12.5 Å². The lowest BCUT2D eigenvalue weighted by atomic mass is 10.2. The van der Waals surface area contributed by atoms with Crippen molar-refractivity contribution in [1.29, 1.82) is 0 Å². The minimum atomic E-state index is -0.0938. The average molecular weight is 211 g/mol. The molecule has 0 amide bonds. The molecule has 0 radical (unpaired) electrons. The Morgan fingerprint density at radius 3 is 2.67 bits per heavy atom. The van der Waals surface area contributed by atoms with Gasteiger partial charge in [0.1, 0.15) is 0 Å². The van der Waals surface area contributed by atoms with E-state index in [9.17, 15) is 5.11 Å². The Kier molecular flexibility index (Phi) is 4.39. The maximum atomic E-state index is 9.27. The van der Waals surface area contributed by atoms with Gasteiger partial charge >= 0.3 is 0 Å². The Balaban J connectivity index is 2.47. The van der Waals surface area contributed by atoms with Crippen LogP contribution in [-0.2, 0) is 11.3 Å². The first-order valence-corrected chi connectivity index (χ1v) is 4.86. The van der Waals surface area contributed by atoms with E-state index >= 15 is 0 Å². The van der Waals surface area contributed by atoms with Crippen LogP contribution >= 0.6 is 0 Å². The number of phenolic OH excluding ortho intramolecular Hbond substituents is 2. The van der Waals surface area contributed by atoms with Gasteiger partial charge in [-0.15, -0.1) is 0 Å². The van der Waals surface area contributed by atoms with Crippen molar-refractivity contribution in [2.24, 2.45) is 0 Å². The Bertz CT molecular complexity index is 315. The van der Waals surface area contributed by atoms with Crippen LogP contribution in [-0.4, -0.2) is 30.0 Å². The van der Waals surface area contributed by atoms with E-state index < -0.39 is 0 Å². The van der Waals surface area contributed by atoms with Crippen molar-refractivity contribution < 1.29 is 14.9 Å². The van der Waals surface area contributed by atoms with Crippen molar-refractivity contribution in [3.8, 4) is 11.5 Å². The summed E-state index contributed by atoms with van der Waals surface area (Å²) in [4.78, 5) is 0. The third-order valence-electron chi connectivity index (χ3n) is 2.11. The molecule has 0 spiro atoms. The van der Waals surface area contributed by atoms with E-state index in [1.54, 1.807) is 19.2 Å². The number of hydrogen-bond donors (Lipinski definition) is 3. The van der Waals surface area contributed by atoms with Crippen LogP contribution in [0.15, 0.2) is 18.2 Å². The topological polar surface area (TPSA) is 61.7 Å². The molecule has 0 saturated carbocycles. The van der Waals surface area contributed by atoms with Crippen LogP contribution in [0.4, 0.5) is 0 Å².